The minimum atomic E-state index is -3.65. The van der Waals surface area contributed by atoms with Crippen molar-refractivity contribution in [2.75, 3.05) is 24.5 Å². The summed E-state index contributed by atoms with van der Waals surface area (Å²) in [7, 11) is -3.65. The van der Waals surface area contributed by atoms with Crippen LogP contribution >= 0.6 is 0 Å². The first-order chi connectivity index (χ1) is 17.3. The van der Waals surface area contributed by atoms with Gasteiger partial charge in [0.2, 0.25) is 21.8 Å². The van der Waals surface area contributed by atoms with Gasteiger partial charge in [-0.15, -0.1) is 0 Å². The molecule has 4 aliphatic rings. The molecule has 0 N–H and O–H groups in total. The van der Waals surface area contributed by atoms with E-state index in [9.17, 15) is 18.0 Å². The van der Waals surface area contributed by atoms with Gasteiger partial charge in [0.15, 0.2) is 0 Å². The van der Waals surface area contributed by atoms with E-state index in [1.165, 1.54) is 15.4 Å². The Hall–Kier alpha value is -2.71. The number of carbonyl (C=O) groups excluding carboxylic acids is 2. The lowest BCUT2D eigenvalue weighted by Crippen LogP contribution is -2.45. The Morgan fingerprint density at radius 3 is 2.25 bits per heavy atom. The van der Waals surface area contributed by atoms with Gasteiger partial charge in [-0.05, 0) is 80.3 Å². The Bertz CT molecular complexity index is 1310. The molecule has 0 aromatic heterocycles. The first-order valence-electron chi connectivity index (χ1n) is 13.1. The Morgan fingerprint density at radius 2 is 1.53 bits per heavy atom. The van der Waals surface area contributed by atoms with Gasteiger partial charge in [-0.3, -0.25) is 9.59 Å². The van der Waals surface area contributed by atoms with Crippen LogP contribution in [0, 0.1) is 11.8 Å². The zero-order chi connectivity index (χ0) is 25.0. The number of fused-ring (bicyclic) bond motifs is 2. The van der Waals surface area contributed by atoms with E-state index in [2.05, 4.69) is 12.1 Å². The highest BCUT2D eigenvalue weighted by molar-refractivity contribution is 7.89. The molecule has 1 saturated heterocycles. The predicted molar refractivity (Wildman–Crippen MR) is 137 cm³/mol. The number of sulfonamides is 1. The molecular formula is C28H33N3O4S. The molecular weight excluding hydrogens is 474 g/mol. The number of amides is 2. The van der Waals surface area contributed by atoms with E-state index in [4.69, 9.17) is 0 Å². The molecule has 1 atom stereocenters. The van der Waals surface area contributed by atoms with Gasteiger partial charge >= 0.3 is 0 Å². The van der Waals surface area contributed by atoms with E-state index in [1.54, 1.807) is 18.2 Å². The number of carbonyl (C=O) groups is 2. The molecule has 0 spiro atoms. The van der Waals surface area contributed by atoms with E-state index in [0.717, 1.165) is 37.1 Å². The van der Waals surface area contributed by atoms with E-state index < -0.39 is 10.0 Å². The van der Waals surface area contributed by atoms with Gasteiger partial charge in [-0.1, -0.05) is 24.3 Å². The van der Waals surface area contributed by atoms with Gasteiger partial charge in [0.1, 0.15) is 0 Å². The van der Waals surface area contributed by atoms with Crippen molar-refractivity contribution in [2.24, 2.45) is 11.8 Å². The molecule has 36 heavy (non-hydrogen) atoms. The number of hydrogen-bond donors (Lipinski definition) is 0. The number of benzene rings is 2. The van der Waals surface area contributed by atoms with Crippen LogP contribution in [0.4, 0.5) is 5.69 Å². The molecule has 2 amide bonds. The Morgan fingerprint density at radius 1 is 0.833 bits per heavy atom. The van der Waals surface area contributed by atoms with Crippen molar-refractivity contribution in [3.8, 4) is 0 Å². The molecule has 3 aliphatic heterocycles. The second-order valence-corrected chi connectivity index (χ2v) is 12.7. The second kappa shape index (κ2) is 8.99. The zero-order valence-corrected chi connectivity index (χ0v) is 21.5. The molecule has 2 aromatic carbocycles. The fraction of sp³-hybridized carbons (Fsp3) is 0.500. The molecule has 0 bridgehead atoms. The van der Waals surface area contributed by atoms with Crippen LogP contribution in [0.25, 0.3) is 0 Å². The van der Waals surface area contributed by atoms with Crippen molar-refractivity contribution in [1.29, 1.82) is 0 Å². The molecule has 0 unspecified atom stereocenters. The smallest absolute Gasteiger partial charge is 0.243 e. The predicted octanol–water partition coefficient (Wildman–Crippen LogP) is 3.36. The summed E-state index contributed by atoms with van der Waals surface area (Å²) in [5, 5.41) is 0. The van der Waals surface area contributed by atoms with Gasteiger partial charge < -0.3 is 9.80 Å². The highest BCUT2D eigenvalue weighted by Gasteiger charge is 2.40. The average Bonchev–Trinajstić information content (AvgIpc) is 3.69. The maximum absolute atomic E-state index is 13.5. The number of nitrogens with zero attached hydrogens (tertiary/aromatic N) is 3. The van der Waals surface area contributed by atoms with Crippen molar-refractivity contribution >= 4 is 27.5 Å². The lowest BCUT2D eigenvalue weighted by molar-refractivity contribution is -0.137. The highest BCUT2D eigenvalue weighted by atomic mass is 32.2. The van der Waals surface area contributed by atoms with Crippen LogP contribution in [0.2, 0.25) is 0 Å². The minimum Gasteiger partial charge on any atom is -0.338 e. The third kappa shape index (κ3) is 4.14. The van der Waals surface area contributed by atoms with Crippen LogP contribution in [-0.2, 0) is 39.0 Å². The first kappa shape index (κ1) is 23.7. The van der Waals surface area contributed by atoms with Crippen LogP contribution in [0.1, 0.15) is 49.3 Å². The number of anilines is 1. The Labute approximate surface area is 213 Å². The van der Waals surface area contributed by atoms with Crippen LogP contribution in [0.15, 0.2) is 47.4 Å². The summed E-state index contributed by atoms with van der Waals surface area (Å²) in [6.07, 6.45) is 4.53. The molecule has 7 nitrogen and oxygen atoms in total. The molecule has 0 radical (unpaired) electrons. The summed E-state index contributed by atoms with van der Waals surface area (Å²) in [6.45, 7) is 4.09. The molecule has 190 valence electrons. The van der Waals surface area contributed by atoms with Gasteiger partial charge in [-0.2, -0.15) is 4.31 Å². The molecule has 3 heterocycles. The molecule has 1 saturated carbocycles. The maximum Gasteiger partial charge on any atom is 0.243 e. The Kier molecular flexibility index (Phi) is 5.91. The average molecular weight is 508 g/mol. The fourth-order valence-electron chi connectivity index (χ4n) is 6.06. The lowest BCUT2D eigenvalue weighted by atomic mass is 9.94. The van der Waals surface area contributed by atoms with E-state index in [1.807, 2.05) is 28.9 Å². The lowest BCUT2D eigenvalue weighted by Gasteiger charge is -2.35. The molecule has 2 fully saturated rings. The first-order valence-corrected chi connectivity index (χ1v) is 14.6. The standard InChI is InChI=1S/C28H33N3O4S/c1-19-16-24-17-25(8-9-26(24)31(19)28(33)21-6-7-21)36(34,35)30-14-11-22(12-15-30)27(32)29-13-10-20-4-2-3-5-23(20)18-29/h2-5,8-9,17,19,21-22H,6-7,10-16,18H2,1H3/t19-/m0/s1. The van der Waals surface area contributed by atoms with Crippen LogP contribution in [0.5, 0.6) is 0 Å². The molecule has 8 heteroatoms. The van der Waals surface area contributed by atoms with E-state index in [-0.39, 0.29) is 34.6 Å². The zero-order valence-electron chi connectivity index (χ0n) is 20.7. The fourth-order valence-corrected chi connectivity index (χ4v) is 7.59. The van der Waals surface area contributed by atoms with Gasteiger partial charge in [0.25, 0.3) is 0 Å². The third-order valence-corrected chi connectivity index (χ3v) is 10.2. The SMILES string of the molecule is C[C@H]1Cc2cc(S(=O)(=O)N3CCC(C(=O)N4CCc5ccccc5C4)CC3)ccc2N1C(=O)C1CC1. The molecule has 1 aliphatic carbocycles. The second-order valence-electron chi connectivity index (χ2n) is 10.8. The van der Waals surface area contributed by atoms with E-state index >= 15 is 0 Å². The number of rotatable bonds is 4. The minimum absolute atomic E-state index is 0.0505. The van der Waals surface area contributed by atoms with Crippen molar-refractivity contribution in [1.82, 2.24) is 9.21 Å². The quantitative estimate of drug-likeness (QED) is 0.636. The maximum atomic E-state index is 13.5. The summed E-state index contributed by atoms with van der Waals surface area (Å²) in [5.41, 5.74) is 4.30. The monoisotopic (exact) mass is 507 g/mol. The summed E-state index contributed by atoms with van der Waals surface area (Å²) in [5.74, 6) is 0.310. The third-order valence-electron chi connectivity index (χ3n) is 8.31. The van der Waals surface area contributed by atoms with Gasteiger partial charge in [0.05, 0.1) is 4.90 Å². The van der Waals surface area contributed by atoms with Crippen molar-refractivity contribution in [3.63, 3.8) is 0 Å². The topological polar surface area (TPSA) is 78.0 Å². The summed E-state index contributed by atoms with van der Waals surface area (Å²) in [6, 6.07) is 13.5. The number of hydrogen-bond acceptors (Lipinski definition) is 4. The van der Waals surface area contributed by atoms with Crippen LogP contribution in [0.3, 0.4) is 0 Å². The van der Waals surface area contributed by atoms with Crippen molar-refractivity contribution in [2.45, 2.75) is 62.9 Å². The molecule has 6 rings (SSSR count). The summed E-state index contributed by atoms with van der Waals surface area (Å²) < 4.78 is 28.5. The van der Waals surface area contributed by atoms with Crippen LogP contribution < -0.4 is 4.90 Å². The normalized spacial score (nSPS) is 22.9. The summed E-state index contributed by atoms with van der Waals surface area (Å²) in [4.78, 5) is 30.0. The Balaban J connectivity index is 1.12. The van der Waals surface area contributed by atoms with Gasteiger partial charge in [0, 0.05) is 49.7 Å². The van der Waals surface area contributed by atoms with Crippen molar-refractivity contribution < 1.29 is 18.0 Å². The largest absolute Gasteiger partial charge is 0.338 e. The highest BCUT2D eigenvalue weighted by Crippen LogP contribution is 2.40. The van der Waals surface area contributed by atoms with Gasteiger partial charge in [-0.25, -0.2) is 8.42 Å². The molecule has 2 aromatic rings. The summed E-state index contributed by atoms with van der Waals surface area (Å²) >= 11 is 0. The van der Waals surface area contributed by atoms with Crippen molar-refractivity contribution in [3.05, 3.63) is 59.2 Å². The van der Waals surface area contributed by atoms with E-state index in [0.29, 0.717) is 38.9 Å². The van der Waals surface area contributed by atoms with Crippen LogP contribution in [-0.4, -0.2) is 55.1 Å². The number of piperidine rings is 1.